The standard InChI is InChI=1S/C12H17FN2S/c1-7(2)8(3)16-11-5-4-9(13)6-10(11)12(14)15/h4-8H,1-3H3,(H3,14,15). The average molecular weight is 240 g/mol. The van der Waals surface area contributed by atoms with Gasteiger partial charge in [0.1, 0.15) is 11.7 Å². The van der Waals surface area contributed by atoms with E-state index in [0.29, 0.717) is 16.7 Å². The summed E-state index contributed by atoms with van der Waals surface area (Å²) in [5, 5.41) is 7.83. The number of benzene rings is 1. The Labute approximate surface area is 99.9 Å². The monoisotopic (exact) mass is 240 g/mol. The predicted octanol–water partition coefficient (Wildman–Crippen LogP) is 3.25. The minimum atomic E-state index is -0.355. The van der Waals surface area contributed by atoms with Crippen molar-refractivity contribution in [1.29, 1.82) is 5.41 Å². The molecule has 0 saturated carbocycles. The van der Waals surface area contributed by atoms with Crippen molar-refractivity contribution in [3.8, 4) is 0 Å². The molecule has 1 rings (SSSR count). The van der Waals surface area contributed by atoms with E-state index in [1.807, 2.05) is 0 Å². The zero-order chi connectivity index (χ0) is 12.3. The van der Waals surface area contributed by atoms with Crippen LogP contribution in [-0.2, 0) is 0 Å². The van der Waals surface area contributed by atoms with E-state index >= 15 is 0 Å². The first-order valence-corrected chi connectivity index (χ1v) is 6.10. The van der Waals surface area contributed by atoms with Crippen LogP contribution < -0.4 is 5.73 Å². The van der Waals surface area contributed by atoms with E-state index in [-0.39, 0.29) is 11.7 Å². The molecule has 0 fully saturated rings. The molecule has 16 heavy (non-hydrogen) atoms. The number of rotatable bonds is 4. The SMILES string of the molecule is CC(C)C(C)Sc1ccc(F)cc1C(=N)N. The van der Waals surface area contributed by atoms with Crippen molar-refractivity contribution in [3.05, 3.63) is 29.6 Å². The van der Waals surface area contributed by atoms with Crippen LogP contribution in [0, 0.1) is 17.1 Å². The topological polar surface area (TPSA) is 49.9 Å². The van der Waals surface area contributed by atoms with Gasteiger partial charge in [0.15, 0.2) is 0 Å². The van der Waals surface area contributed by atoms with Crippen LogP contribution in [0.2, 0.25) is 0 Å². The Kier molecular flexibility index (Phi) is 4.35. The first-order chi connectivity index (χ1) is 7.41. The lowest BCUT2D eigenvalue weighted by molar-refractivity contribution is 0.625. The number of amidine groups is 1. The molecule has 0 spiro atoms. The quantitative estimate of drug-likeness (QED) is 0.482. The third kappa shape index (κ3) is 3.23. The summed E-state index contributed by atoms with van der Waals surface area (Å²) in [6.45, 7) is 6.38. The van der Waals surface area contributed by atoms with Crippen molar-refractivity contribution >= 4 is 17.6 Å². The van der Waals surface area contributed by atoms with E-state index in [2.05, 4.69) is 20.8 Å². The van der Waals surface area contributed by atoms with Gasteiger partial charge in [-0.15, -0.1) is 11.8 Å². The second kappa shape index (κ2) is 5.34. The summed E-state index contributed by atoms with van der Waals surface area (Å²) in [7, 11) is 0. The van der Waals surface area contributed by atoms with Gasteiger partial charge >= 0.3 is 0 Å². The van der Waals surface area contributed by atoms with Gasteiger partial charge in [-0.25, -0.2) is 4.39 Å². The van der Waals surface area contributed by atoms with Crippen molar-refractivity contribution < 1.29 is 4.39 Å². The average Bonchev–Trinajstić information content (AvgIpc) is 2.20. The second-order valence-corrected chi connectivity index (χ2v) is 5.54. The molecule has 0 aliphatic heterocycles. The summed E-state index contributed by atoms with van der Waals surface area (Å²) in [6, 6.07) is 4.41. The molecule has 0 amide bonds. The molecule has 1 aromatic rings. The van der Waals surface area contributed by atoms with E-state index in [9.17, 15) is 4.39 Å². The van der Waals surface area contributed by atoms with Gasteiger partial charge in [-0.2, -0.15) is 0 Å². The Morgan fingerprint density at radius 1 is 1.38 bits per heavy atom. The molecule has 1 aromatic carbocycles. The largest absolute Gasteiger partial charge is 0.384 e. The molecule has 0 aromatic heterocycles. The van der Waals surface area contributed by atoms with E-state index in [1.54, 1.807) is 17.8 Å². The molecular formula is C12H17FN2S. The van der Waals surface area contributed by atoms with Crippen LogP contribution in [0.4, 0.5) is 4.39 Å². The van der Waals surface area contributed by atoms with Gasteiger partial charge in [-0.1, -0.05) is 20.8 Å². The lowest BCUT2D eigenvalue weighted by Gasteiger charge is -2.16. The van der Waals surface area contributed by atoms with E-state index in [1.165, 1.54) is 12.1 Å². The van der Waals surface area contributed by atoms with Crippen LogP contribution in [0.5, 0.6) is 0 Å². The summed E-state index contributed by atoms with van der Waals surface area (Å²) < 4.78 is 13.0. The van der Waals surface area contributed by atoms with E-state index in [4.69, 9.17) is 11.1 Å². The molecule has 0 radical (unpaired) electrons. The molecule has 1 unspecified atom stereocenters. The first-order valence-electron chi connectivity index (χ1n) is 5.22. The van der Waals surface area contributed by atoms with Crippen LogP contribution in [0.3, 0.4) is 0 Å². The maximum Gasteiger partial charge on any atom is 0.124 e. The van der Waals surface area contributed by atoms with E-state index < -0.39 is 0 Å². The number of nitrogen functional groups attached to an aromatic ring is 1. The highest BCUT2D eigenvalue weighted by Crippen LogP contribution is 2.30. The molecule has 0 saturated heterocycles. The van der Waals surface area contributed by atoms with Crippen LogP contribution >= 0.6 is 11.8 Å². The first kappa shape index (κ1) is 13.0. The fraction of sp³-hybridized carbons (Fsp3) is 0.417. The molecule has 0 bridgehead atoms. The minimum Gasteiger partial charge on any atom is -0.384 e. The Hall–Kier alpha value is -1.03. The van der Waals surface area contributed by atoms with Crippen molar-refractivity contribution in [1.82, 2.24) is 0 Å². The van der Waals surface area contributed by atoms with E-state index in [0.717, 1.165) is 4.90 Å². The smallest absolute Gasteiger partial charge is 0.124 e. The lowest BCUT2D eigenvalue weighted by Crippen LogP contribution is -2.14. The predicted molar refractivity (Wildman–Crippen MR) is 67.6 cm³/mol. The summed E-state index contributed by atoms with van der Waals surface area (Å²) in [6.07, 6.45) is 0. The van der Waals surface area contributed by atoms with Gasteiger partial charge in [-0.3, -0.25) is 5.41 Å². The van der Waals surface area contributed by atoms with Crippen molar-refractivity contribution in [2.75, 3.05) is 0 Å². The summed E-state index contributed by atoms with van der Waals surface area (Å²) in [5.41, 5.74) is 5.92. The molecule has 1 atom stereocenters. The number of thioether (sulfide) groups is 1. The Balaban J connectivity index is 2.99. The normalized spacial score (nSPS) is 12.8. The van der Waals surface area contributed by atoms with Gasteiger partial charge in [-0.05, 0) is 24.1 Å². The third-order valence-electron chi connectivity index (χ3n) is 2.48. The molecule has 88 valence electrons. The highest BCUT2D eigenvalue weighted by atomic mass is 32.2. The van der Waals surface area contributed by atoms with Crippen LogP contribution in [0.15, 0.2) is 23.1 Å². The minimum absolute atomic E-state index is 0.0852. The second-order valence-electron chi connectivity index (χ2n) is 4.12. The summed E-state index contributed by atoms with van der Waals surface area (Å²) in [5.74, 6) is 0.0829. The number of hydrogen-bond donors (Lipinski definition) is 2. The third-order valence-corrected chi connectivity index (χ3v) is 4.01. The van der Waals surface area contributed by atoms with Crippen molar-refractivity contribution in [2.45, 2.75) is 30.9 Å². The van der Waals surface area contributed by atoms with Crippen molar-refractivity contribution in [3.63, 3.8) is 0 Å². The molecule has 3 N–H and O–H groups in total. The molecule has 4 heteroatoms. The highest BCUT2D eigenvalue weighted by molar-refractivity contribution is 8.00. The van der Waals surface area contributed by atoms with Crippen LogP contribution in [-0.4, -0.2) is 11.1 Å². The maximum absolute atomic E-state index is 13.0. The molecule has 0 aliphatic carbocycles. The lowest BCUT2D eigenvalue weighted by atomic mass is 10.1. The fourth-order valence-electron chi connectivity index (χ4n) is 1.15. The van der Waals surface area contributed by atoms with Crippen LogP contribution in [0.25, 0.3) is 0 Å². The Morgan fingerprint density at radius 3 is 2.50 bits per heavy atom. The zero-order valence-corrected chi connectivity index (χ0v) is 10.6. The van der Waals surface area contributed by atoms with Gasteiger partial charge in [0.05, 0.1) is 0 Å². The van der Waals surface area contributed by atoms with Crippen LogP contribution in [0.1, 0.15) is 26.3 Å². The van der Waals surface area contributed by atoms with Crippen molar-refractivity contribution in [2.24, 2.45) is 11.7 Å². The Morgan fingerprint density at radius 2 is 2.00 bits per heavy atom. The molecule has 2 nitrogen and oxygen atoms in total. The maximum atomic E-state index is 13.0. The van der Waals surface area contributed by atoms with Gasteiger partial charge in [0, 0.05) is 15.7 Å². The molecule has 0 aliphatic rings. The fourth-order valence-corrected chi connectivity index (χ4v) is 2.27. The summed E-state index contributed by atoms with van der Waals surface area (Å²) >= 11 is 1.63. The molecular weight excluding hydrogens is 223 g/mol. The highest BCUT2D eigenvalue weighted by Gasteiger charge is 2.13. The molecule has 0 heterocycles. The summed E-state index contributed by atoms with van der Waals surface area (Å²) in [4.78, 5) is 0.870. The number of nitrogens with two attached hydrogens (primary N) is 1. The number of halogens is 1. The van der Waals surface area contributed by atoms with Gasteiger partial charge in [0.2, 0.25) is 0 Å². The number of nitrogens with one attached hydrogen (secondary N) is 1. The number of hydrogen-bond acceptors (Lipinski definition) is 2. The zero-order valence-electron chi connectivity index (χ0n) is 9.75. The Bertz CT molecular complexity index is 391. The van der Waals surface area contributed by atoms with Gasteiger partial charge in [0.25, 0.3) is 0 Å². The van der Waals surface area contributed by atoms with Gasteiger partial charge < -0.3 is 5.73 Å².